The number of oxime groups is 1. The molecule has 0 aliphatic carbocycles. The van der Waals surface area contributed by atoms with Crippen LogP contribution in [-0.2, 0) is 39.0 Å². The van der Waals surface area contributed by atoms with E-state index >= 15 is 0 Å². The number of carbonyl (C=O) groups excluding carboxylic acids is 4. The molecule has 0 bridgehead atoms. The molecule has 17 nitrogen and oxygen atoms in total. The number of primary amides is 1. The first kappa shape index (κ1) is 35.5. The predicted octanol–water partition coefficient (Wildman–Crippen LogP) is -0.270. The number of thiazole rings is 1. The quantitative estimate of drug-likeness (QED) is 0.0771. The molecule has 0 saturated carbocycles. The largest absolute Gasteiger partial charge is 0.457 e. The van der Waals surface area contributed by atoms with Crippen LogP contribution in [0, 0.1) is 0 Å². The van der Waals surface area contributed by atoms with E-state index in [2.05, 4.69) is 45.9 Å². The summed E-state index contributed by atoms with van der Waals surface area (Å²) in [6.07, 6.45) is -1.28. The van der Waals surface area contributed by atoms with Crippen LogP contribution in [0.4, 0.5) is 9.93 Å². The Morgan fingerprint density at radius 2 is 1.80 bits per heavy atom. The van der Waals surface area contributed by atoms with Crippen LogP contribution in [-0.4, -0.2) is 107 Å². The van der Waals surface area contributed by atoms with Gasteiger partial charge >= 0.3 is 22.4 Å². The van der Waals surface area contributed by atoms with Crippen molar-refractivity contribution in [3.8, 4) is 0 Å². The first-order valence-electron chi connectivity index (χ1n) is 12.3. The molecule has 1 aliphatic rings. The first-order valence-corrected chi connectivity index (χ1v) is 14.6. The predicted molar refractivity (Wildman–Crippen MR) is 148 cm³/mol. The molecule has 1 saturated heterocycles. The average Bonchev–Trinajstić information content (AvgIpc) is 3.27. The summed E-state index contributed by atoms with van der Waals surface area (Å²) in [4.78, 5) is 58.9. The molecule has 3 amide bonds. The SMILES string of the molecule is CC(C)(C)OC(=O)CON=C(C(=O)N[C@@H]1C(=O)N(S(=O)(=O)O)[C@@H]1COC(N)=O)c1csc(N)n1.CCN(CC)CC. The van der Waals surface area contributed by atoms with E-state index in [-0.39, 0.29) is 15.1 Å². The molecule has 6 N–H and O–H groups in total. The minimum absolute atomic E-state index is 0.0114. The Labute approximate surface area is 242 Å². The third-order valence-electron chi connectivity index (χ3n) is 5.18. The van der Waals surface area contributed by atoms with Gasteiger partial charge in [0.25, 0.3) is 11.8 Å². The summed E-state index contributed by atoms with van der Waals surface area (Å²) in [7, 11) is -5.02. The average molecular weight is 624 g/mol. The van der Waals surface area contributed by atoms with Gasteiger partial charge in [0.1, 0.15) is 30.0 Å². The Hall–Kier alpha value is -3.55. The molecular formula is C22H37N7O10S2. The van der Waals surface area contributed by atoms with Crippen LogP contribution in [0.5, 0.6) is 0 Å². The summed E-state index contributed by atoms with van der Waals surface area (Å²) in [6.45, 7) is 13.6. The van der Waals surface area contributed by atoms with Gasteiger partial charge in [-0.15, -0.1) is 11.3 Å². The van der Waals surface area contributed by atoms with Gasteiger partial charge in [0.15, 0.2) is 10.8 Å². The lowest BCUT2D eigenvalue weighted by molar-refractivity contribution is -0.160. The molecule has 232 valence electrons. The molecule has 41 heavy (non-hydrogen) atoms. The van der Waals surface area contributed by atoms with Crippen molar-refractivity contribution < 1.29 is 46.5 Å². The summed E-state index contributed by atoms with van der Waals surface area (Å²) in [6, 6.07) is -3.05. The van der Waals surface area contributed by atoms with E-state index in [9.17, 15) is 32.1 Å². The molecule has 2 rings (SSSR count). The number of esters is 1. The third-order valence-corrected chi connectivity index (χ3v) is 6.80. The van der Waals surface area contributed by atoms with E-state index in [1.165, 1.54) is 25.0 Å². The smallest absolute Gasteiger partial charge is 0.404 e. The summed E-state index contributed by atoms with van der Waals surface area (Å²) < 4.78 is 41.7. The molecular weight excluding hydrogens is 586 g/mol. The lowest BCUT2D eigenvalue weighted by Crippen LogP contribution is -2.73. The maximum absolute atomic E-state index is 12.8. The van der Waals surface area contributed by atoms with Crippen LogP contribution in [0.1, 0.15) is 47.2 Å². The molecule has 1 aromatic rings. The Morgan fingerprint density at radius 1 is 1.22 bits per heavy atom. The number of anilines is 1. The van der Waals surface area contributed by atoms with Crippen molar-refractivity contribution in [3.05, 3.63) is 11.1 Å². The van der Waals surface area contributed by atoms with Crippen molar-refractivity contribution in [1.29, 1.82) is 0 Å². The van der Waals surface area contributed by atoms with Crippen LogP contribution in [0.25, 0.3) is 0 Å². The topological polar surface area (TPSA) is 246 Å². The van der Waals surface area contributed by atoms with E-state index in [0.717, 1.165) is 11.3 Å². The van der Waals surface area contributed by atoms with E-state index < -0.39 is 70.8 Å². The number of nitrogens with two attached hydrogens (primary N) is 2. The van der Waals surface area contributed by atoms with Crippen LogP contribution in [0.15, 0.2) is 10.5 Å². The maximum atomic E-state index is 12.8. The van der Waals surface area contributed by atoms with E-state index in [0.29, 0.717) is 0 Å². The zero-order chi connectivity index (χ0) is 31.5. The molecule has 1 aromatic heterocycles. The van der Waals surface area contributed by atoms with E-state index in [1.54, 1.807) is 20.8 Å². The van der Waals surface area contributed by atoms with Crippen molar-refractivity contribution in [1.82, 2.24) is 19.5 Å². The monoisotopic (exact) mass is 623 g/mol. The van der Waals surface area contributed by atoms with Gasteiger partial charge in [-0.25, -0.2) is 18.9 Å². The number of nitrogen functional groups attached to an aromatic ring is 1. The normalized spacial score (nSPS) is 17.2. The Kier molecular flexibility index (Phi) is 13.4. The highest BCUT2D eigenvalue weighted by Crippen LogP contribution is 2.24. The van der Waals surface area contributed by atoms with Crippen molar-refractivity contribution >= 4 is 56.4 Å². The Bertz CT molecular complexity index is 1200. The number of amides is 3. The van der Waals surface area contributed by atoms with Gasteiger partial charge in [-0.3, -0.25) is 14.1 Å². The fourth-order valence-corrected chi connectivity index (χ4v) is 4.71. The zero-order valence-corrected chi connectivity index (χ0v) is 25.3. The van der Waals surface area contributed by atoms with Crippen molar-refractivity contribution in [2.24, 2.45) is 10.9 Å². The van der Waals surface area contributed by atoms with E-state index in [4.69, 9.17) is 21.0 Å². The molecule has 0 aromatic carbocycles. The minimum atomic E-state index is -5.02. The number of ether oxygens (including phenoxy) is 2. The molecule has 0 radical (unpaired) electrons. The summed E-state index contributed by atoms with van der Waals surface area (Å²) in [5.41, 5.74) is 9.03. The first-order chi connectivity index (χ1) is 18.9. The fraction of sp³-hybridized carbons (Fsp3) is 0.636. The second kappa shape index (κ2) is 15.5. The molecule has 0 unspecified atom stereocenters. The summed E-state index contributed by atoms with van der Waals surface area (Å²) in [5.74, 6) is -3.08. The van der Waals surface area contributed by atoms with Crippen molar-refractivity contribution in [2.75, 3.05) is 38.6 Å². The number of carbonyl (C=O) groups is 4. The third kappa shape index (κ3) is 11.5. The van der Waals surface area contributed by atoms with E-state index in [1.807, 2.05) is 0 Å². The molecule has 1 fully saturated rings. The van der Waals surface area contributed by atoms with Gasteiger partial charge < -0.3 is 36.0 Å². The number of nitrogens with zero attached hydrogens (tertiary/aromatic N) is 4. The van der Waals surface area contributed by atoms with Gasteiger partial charge in [-0.05, 0) is 40.4 Å². The highest BCUT2D eigenvalue weighted by atomic mass is 32.2. The number of rotatable bonds is 12. The van der Waals surface area contributed by atoms with Crippen LogP contribution >= 0.6 is 11.3 Å². The van der Waals surface area contributed by atoms with Crippen LogP contribution in [0.3, 0.4) is 0 Å². The fourth-order valence-electron chi connectivity index (χ4n) is 3.29. The number of aromatic nitrogens is 1. The van der Waals surface area contributed by atoms with Gasteiger partial charge in [0.05, 0.1) is 0 Å². The summed E-state index contributed by atoms with van der Waals surface area (Å²) in [5, 5.41) is 7.16. The minimum Gasteiger partial charge on any atom is -0.457 e. The molecule has 0 spiro atoms. The second-order valence-corrected chi connectivity index (χ2v) is 11.4. The lowest BCUT2D eigenvalue weighted by atomic mass is 9.99. The highest BCUT2D eigenvalue weighted by molar-refractivity contribution is 7.84. The molecule has 19 heteroatoms. The Balaban J connectivity index is 0.00000106. The maximum Gasteiger partial charge on any atom is 0.404 e. The molecule has 2 atom stereocenters. The zero-order valence-electron chi connectivity index (χ0n) is 23.6. The number of nitrogens with one attached hydrogen (secondary N) is 1. The van der Waals surface area contributed by atoms with Gasteiger partial charge in [0.2, 0.25) is 6.61 Å². The number of hydrogen-bond donors (Lipinski definition) is 4. The standard InChI is InChI=1S/C16H22N6O10S2.C6H15N/c1-16(2,3)32-9(23)5-31-21-10(7-6-33-14(17)19-7)12(24)20-11-8(4-30-15(18)26)22(13(11)25)34(27,28)29;1-4-7(5-2)6-3/h6,8,11H,4-5H2,1-3H3,(H2,17,19)(H2,18,26)(H,20,24)(H,27,28,29);4-6H2,1-3H3/t8-,11+;/m1./s1. The highest BCUT2D eigenvalue weighted by Gasteiger charge is 2.54. The van der Waals surface area contributed by atoms with Crippen molar-refractivity contribution in [3.63, 3.8) is 0 Å². The van der Waals surface area contributed by atoms with Crippen LogP contribution in [0.2, 0.25) is 0 Å². The Morgan fingerprint density at radius 3 is 2.22 bits per heavy atom. The number of β-lactam (4-membered cyclic amide) rings is 1. The second-order valence-electron chi connectivity index (χ2n) is 9.25. The molecule has 1 aliphatic heterocycles. The van der Waals surface area contributed by atoms with Gasteiger partial charge in [-0.2, -0.15) is 8.42 Å². The van der Waals surface area contributed by atoms with Gasteiger partial charge in [-0.1, -0.05) is 25.9 Å². The van der Waals surface area contributed by atoms with Gasteiger partial charge in [0, 0.05) is 5.38 Å². The number of hydrogen-bond acceptors (Lipinski definition) is 14. The van der Waals surface area contributed by atoms with Crippen LogP contribution < -0.4 is 16.8 Å². The lowest BCUT2D eigenvalue weighted by Gasteiger charge is -2.43. The van der Waals surface area contributed by atoms with Crippen molar-refractivity contribution in [2.45, 2.75) is 59.2 Å². The molecule has 2 heterocycles. The summed E-state index contributed by atoms with van der Waals surface area (Å²) >= 11 is 0.952.